The van der Waals surface area contributed by atoms with Crippen molar-refractivity contribution in [1.82, 2.24) is 14.8 Å². The van der Waals surface area contributed by atoms with Gasteiger partial charge in [-0.25, -0.2) is 0 Å². The van der Waals surface area contributed by atoms with Gasteiger partial charge in [0.15, 0.2) is 0 Å². The van der Waals surface area contributed by atoms with Crippen LogP contribution in [0.25, 0.3) is 0 Å². The third-order valence-corrected chi connectivity index (χ3v) is 6.42. The number of nitrogens with zero attached hydrogens (tertiary/aromatic N) is 2. The van der Waals surface area contributed by atoms with E-state index in [1.54, 1.807) is 6.07 Å². The molecule has 7 heteroatoms. The fourth-order valence-electron chi connectivity index (χ4n) is 4.43. The summed E-state index contributed by atoms with van der Waals surface area (Å²) in [5.41, 5.74) is 2.89. The molecule has 6 nitrogen and oxygen atoms in total. The average molecular weight is 430 g/mol. The molecule has 2 aliphatic heterocycles. The highest BCUT2D eigenvalue weighted by Crippen LogP contribution is 2.27. The number of amides is 2. The summed E-state index contributed by atoms with van der Waals surface area (Å²) < 4.78 is 7.58. The van der Waals surface area contributed by atoms with Crippen molar-refractivity contribution in [3.8, 4) is 0 Å². The number of halogens is 1. The molecule has 0 bridgehead atoms. The van der Waals surface area contributed by atoms with E-state index < -0.39 is 0 Å². The Kier molecular flexibility index (Phi) is 6.16. The Hall–Kier alpha value is -2.31. The van der Waals surface area contributed by atoms with Crippen LogP contribution >= 0.6 is 11.6 Å². The van der Waals surface area contributed by atoms with E-state index in [9.17, 15) is 9.59 Å². The van der Waals surface area contributed by atoms with Crippen molar-refractivity contribution >= 4 is 23.4 Å². The minimum absolute atomic E-state index is 0.00643. The molecule has 2 atom stereocenters. The molecule has 1 fully saturated rings. The monoisotopic (exact) mass is 429 g/mol. The number of benzene rings is 1. The molecule has 0 saturated carbocycles. The Balaban J connectivity index is 1.61. The van der Waals surface area contributed by atoms with Gasteiger partial charge in [-0.3, -0.25) is 9.59 Å². The number of carbonyl (C=O) groups excluding carboxylic acids is 2. The van der Waals surface area contributed by atoms with Crippen molar-refractivity contribution < 1.29 is 14.3 Å². The molecule has 30 heavy (non-hydrogen) atoms. The van der Waals surface area contributed by atoms with Gasteiger partial charge < -0.3 is 19.5 Å². The summed E-state index contributed by atoms with van der Waals surface area (Å²) in [5.74, 6) is -0.175. The van der Waals surface area contributed by atoms with E-state index >= 15 is 0 Å². The van der Waals surface area contributed by atoms with Gasteiger partial charge in [-0.1, -0.05) is 30.7 Å². The Labute approximate surface area is 182 Å². The van der Waals surface area contributed by atoms with Crippen molar-refractivity contribution in [2.45, 2.75) is 58.3 Å². The maximum Gasteiger partial charge on any atom is 0.270 e. The fraction of sp³-hybridized carbons (Fsp3) is 0.478. The van der Waals surface area contributed by atoms with Gasteiger partial charge in [0.25, 0.3) is 11.8 Å². The second-order valence-electron chi connectivity index (χ2n) is 8.07. The summed E-state index contributed by atoms with van der Waals surface area (Å²) in [6.45, 7) is 6.35. The molecule has 0 radical (unpaired) electrons. The standard InChI is InChI=1S/C23H28ClN3O3/c1-3-19(16-6-8-17(24)9-7-16)25-22(28)18-13-20(27-11-12-30-14-21(18)27)23(29)26-10-4-5-15(26)2/h6-9,13,15,19H,3-5,10-12,14H2,1-2H3,(H,25,28). The number of likely N-dealkylation sites (tertiary alicyclic amines) is 1. The van der Waals surface area contributed by atoms with Gasteiger partial charge in [0.2, 0.25) is 0 Å². The van der Waals surface area contributed by atoms with Gasteiger partial charge in [0.05, 0.1) is 30.5 Å². The smallest absolute Gasteiger partial charge is 0.270 e. The van der Waals surface area contributed by atoms with Crippen molar-refractivity contribution in [1.29, 1.82) is 0 Å². The molecule has 1 aromatic heterocycles. The zero-order valence-electron chi connectivity index (χ0n) is 17.5. The van der Waals surface area contributed by atoms with Crippen LogP contribution in [0.1, 0.15) is 71.3 Å². The molecule has 4 rings (SSSR count). The van der Waals surface area contributed by atoms with Gasteiger partial charge in [-0.05, 0) is 49.9 Å². The molecule has 2 unspecified atom stereocenters. The molecule has 0 aliphatic carbocycles. The number of rotatable bonds is 5. The molecule has 2 amide bonds. The summed E-state index contributed by atoms with van der Waals surface area (Å²) in [6, 6.07) is 9.36. The Morgan fingerprint density at radius 1 is 1.27 bits per heavy atom. The minimum atomic E-state index is -0.181. The third-order valence-electron chi connectivity index (χ3n) is 6.17. The number of nitrogens with one attached hydrogen (secondary N) is 1. The molecule has 1 aromatic carbocycles. The SMILES string of the molecule is CCC(NC(=O)c1cc(C(=O)N2CCCC2C)n2c1COCC2)c1ccc(Cl)cc1. The van der Waals surface area contributed by atoms with Crippen LogP contribution in [-0.2, 0) is 17.9 Å². The Bertz CT molecular complexity index is 938. The van der Waals surface area contributed by atoms with E-state index in [4.69, 9.17) is 16.3 Å². The Morgan fingerprint density at radius 3 is 2.70 bits per heavy atom. The number of aromatic nitrogens is 1. The van der Waals surface area contributed by atoms with Crippen LogP contribution in [0.2, 0.25) is 5.02 Å². The van der Waals surface area contributed by atoms with E-state index in [0.29, 0.717) is 36.0 Å². The zero-order chi connectivity index (χ0) is 21.3. The van der Waals surface area contributed by atoms with Gasteiger partial charge in [-0.15, -0.1) is 0 Å². The molecular formula is C23H28ClN3O3. The largest absolute Gasteiger partial charge is 0.373 e. The summed E-state index contributed by atoms with van der Waals surface area (Å²) in [4.78, 5) is 28.4. The molecule has 2 aromatic rings. The number of ether oxygens (including phenoxy) is 1. The lowest BCUT2D eigenvalue weighted by atomic mass is 10.0. The number of fused-ring (bicyclic) bond motifs is 1. The van der Waals surface area contributed by atoms with E-state index in [0.717, 1.165) is 37.1 Å². The van der Waals surface area contributed by atoms with Crippen molar-refractivity contribution in [3.05, 3.63) is 57.9 Å². The topological polar surface area (TPSA) is 63.6 Å². The number of hydrogen-bond donors (Lipinski definition) is 1. The first-order valence-electron chi connectivity index (χ1n) is 10.7. The van der Waals surface area contributed by atoms with Gasteiger partial charge in [-0.2, -0.15) is 0 Å². The second kappa shape index (κ2) is 8.82. The maximum absolute atomic E-state index is 13.2. The first kappa shape index (κ1) is 20.9. The fourth-order valence-corrected chi connectivity index (χ4v) is 4.56. The molecule has 1 N–H and O–H groups in total. The summed E-state index contributed by atoms with van der Waals surface area (Å²) >= 11 is 6.00. The molecule has 2 aliphatic rings. The van der Waals surface area contributed by atoms with E-state index in [2.05, 4.69) is 12.2 Å². The lowest BCUT2D eigenvalue weighted by Crippen LogP contribution is -2.35. The highest BCUT2D eigenvalue weighted by molar-refractivity contribution is 6.30. The van der Waals surface area contributed by atoms with E-state index in [-0.39, 0.29) is 23.9 Å². The van der Waals surface area contributed by atoms with Crippen LogP contribution in [0.4, 0.5) is 0 Å². The van der Waals surface area contributed by atoms with Crippen LogP contribution in [0, 0.1) is 0 Å². The van der Waals surface area contributed by atoms with Gasteiger partial charge >= 0.3 is 0 Å². The van der Waals surface area contributed by atoms with Crippen molar-refractivity contribution in [2.24, 2.45) is 0 Å². The first-order chi connectivity index (χ1) is 14.5. The quantitative estimate of drug-likeness (QED) is 0.775. The molecular weight excluding hydrogens is 402 g/mol. The second-order valence-corrected chi connectivity index (χ2v) is 8.51. The van der Waals surface area contributed by atoms with E-state index in [1.165, 1.54) is 0 Å². The average Bonchev–Trinajstić information content (AvgIpc) is 3.36. The highest BCUT2D eigenvalue weighted by atomic mass is 35.5. The summed E-state index contributed by atoms with van der Waals surface area (Å²) in [5, 5.41) is 3.79. The van der Waals surface area contributed by atoms with Crippen LogP contribution in [0.3, 0.4) is 0 Å². The van der Waals surface area contributed by atoms with Crippen molar-refractivity contribution in [3.63, 3.8) is 0 Å². The summed E-state index contributed by atoms with van der Waals surface area (Å²) in [7, 11) is 0. The van der Waals surface area contributed by atoms with Crippen LogP contribution in [0.5, 0.6) is 0 Å². The molecule has 3 heterocycles. The van der Waals surface area contributed by atoms with Gasteiger partial charge in [0, 0.05) is 24.2 Å². The van der Waals surface area contributed by atoms with Gasteiger partial charge in [0.1, 0.15) is 5.69 Å². The lowest BCUT2D eigenvalue weighted by Gasteiger charge is -2.24. The molecule has 1 saturated heterocycles. The lowest BCUT2D eigenvalue weighted by molar-refractivity contribution is 0.0683. The maximum atomic E-state index is 13.2. The summed E-state index contributed by atoms with van der Waals surface area (Å²) in [6.07, 6.45) is 2.79. The van der Waals surface area contributed by atoms with Crippen molar-refractivity contribution in [2.75, 3.05) is 13.2 Å². The van der Waals surface area contributed by atoms with E-state index in [1.807, 2.05) is 40.7 Å². The predicted molar refractivity (Wildman–Crippen MR) is 116 cm³/mol. The van der Waals surface area contributed by atoms with Crippen LogP contribution in [0.15, 0.2) is 30.3 Å². The number of carbonyl (C=O) groups is 2. The number of hydrogen-bond acceptors (Lipinski definition) is 3. The molecule has 0 spiro atoms. The minimum Gasteiger partial charge on any atom is -0.373 e. The van der Waals surface area contributed by atoms with Crippen LogP contribution in [-0.4, -0.2) is 40.5 Å². The highest BCUT2D eigenvalue weighted by Gasteiger charge is 2.32. The Morgan fingerprint density at radius 2 is 2.03 bits per heavy atom. The zero-order valence-corrected chi connectivity index (χ0v) is 18.2. The third kappa shape index (κ3) is 3.98. The predicted octanol–water partition coefficient (Wildman–Crippen LogP) is 4.18. The first-order valence-corrected chi connectivity index (χ1v) is 11.0. The normalized spacial score (nSPS) is 19.4. The molecule has 160 valence electrons. The van der Waals surface area contributed by atoms with Crippen LogP contribution < -0.4 is 5.32 Å².